The molecular formula is C50H62F4N10O5S. The Hall–Kier alpha value is -5.59. The van der Waals surface area contributed by atoms with Crippen LogP contribution in [0.5, 0.6) is 0 Å². The van der Waals surface area contributed by atoms with Gasteiger partial charge in [-0.05, 0) is 139 Å². The predicted octanol–water partition coefficient (Wildman–Crippen LogP) is 7.20. The van der Waals surface area contributed by atoms with Crippen LogP contribution in [0.4, 0.5) is 39.7 Å². The number of ether oxygens (including phenoxy) is 1. The Balaban J connectivity index is 0.787. The average molecular weight is 991 g/mol. The van der Waals surface area contributed by atoms with Crippen LogP contribution >= 0.6 is 11.9 Å². The highest BCUT2D eigenvalue weighted by Crippen LogP contribution is 2.35. The lowest BCUT2D eigenvalue weighted by molar-refractivity contribution is -0.140. The fraction of sp³-hybridized carbons (Fsp3) is 0.520. The largest absolute Gasteiger partial charge is 0.419 e. The number of carbonyl (C=O) groups excluding carboxylic acids is 3. The summed E-state index contributed by atoms with van der Waals surface area (Å²) in [7, 11) is 0. The highest BCUT2D eigenvalue weighted by molar-refractivity contribution is 7.97. The Labute approximate surface area is 410 Å². The first-order valence-electron chi connectivity index (χ1n) is 23.8. The lowest BCUT2D eigenvalue weighted by Crippen LogP contribution is -2.49. The molecule has 4 heterocycles. The highest BCUT2D eigenvalue weighted by atomic mass is 32.2. The van der Waals surface area contributed by atoms with Crippen LogP contribution in [0.3, 0.4) is 0 Å². The first kappa shape index (κ1) is 52.2. The van der Waals surface area contributed by atoms with Crippen LogP contribution < -0.4 is 26.0 Å². The summed E-state index contributed by atoms with van der Waals surface area (Å²) in [6.45, 7) is 9.60. The zero-order valence-electron chi connectivity index (χ0n) is 39.8. The van der Waals surface area contributed by atoms with Crippen molar-refractivity contribution in [3.8, 4) is 11.8 Å². The molecule has 0 radical (unpaired) electrons. The van der Waals surface area contributed by atoms with Crippen molar-refractivity contribution in [2.45, 2.75) is 107 Å². The van der Waals surface area contributed by atoms with E-state index in [4.69, 9.17) is 10.5 Å². The summed E-state index contributed by atoms with van der Waals surface area (Å²) in [4.78, 5) is 56.0. The molecule has 4 amide bonds. The van der Waals surface area contributed by atoms with Crippen LogP contribution in [0, 0.1) is 36.4 Å². The SMILES string of the molecule is Cc1c(C#CCOC2CCN(C(=O)C3CCN(CC4CCC(NSc5ccc(Nc6ncc(C(F)(F)F)c(/C(C=NCC(C)(C)O)=C/N)n6)c(F)c5)CC4)CC3)CC2)cccc1N1CCC(=O)NC1=O. The topological polar surface area (TPSA) is 191 Å². The van der Waals surface area contributed by atoms with E-state index < -0.39 is 34.9 Å². The number of alkyl halides is 3. The summed E-state index contributed by atoms with van der Waals surface area (Å²) in [5.41, 5.74) is 4.99. The van der Waals surface area contributed by atoms with Gasteiger partial charge in [0.05, 0.1) is 29.6 Å². The molecule has 7 rings (SSSR count). The third-order valence-electron chi connectivity index (χ3n) is 13.1. The maximum Gasteiger partial charge on any atom is 0.419 e. The van der Waals surface area contributed by atoms with Gasteiger partial charge in [0.2, 0.25) is 17.8 Å². The second-order valence-electron chi connectivity index (χ2n) is 19.0. The maximum atomic E-state index is 15.3. The number of benzene rings is 2. The van der Waals surface area contributed by atoms with E-state index >= 15 is 4.39 Å². The molecule has 3 saturated heterocycles. The Kier molecular flexibility index (Phi) is 17.6. The number of anilines is 3. The van der Waals surface area contributed by atoms with E-state index in [0.717, 1.165) is 100 Å². The molecule has 2 aromatic carbocycles. The van der Waals surface area contributed by atoms with Gasteiger partial charge in [-0.2, -0.15) is 13.2 Å². The van der Waals surface area contributed by atoms with Crippen LogP contribution in [-0.2, 0) is 20.5 Å². The normalized spacial score (nSPS) is 20.4. The Bertz CT molecular complexity index is 2470. The summed E-state index contributed by atoms with van der Waals surface area (Å²) < 4.78 is 66.6. The first-order chi connectivity index (χ1) is 33.4. The maximum absolute atomic E-state index is 15.3. The average Bonchev–Trinajstić information content (AvgIpc) is 3.32. The van der Waals surface area contributed by atoms with E-state index in [0.29, 0.717) is 36.6 Å². The fourth-order valence-electron chi connectivity index (χ4n) is 9.18. The van der Waals surface area contributed by atoms with Gasteiger partial charge in [-0.1, -0.05) is 17.9 Å². The minimum absolute atomic E-state index is 0.0209. The molecule has 4 fully saturated rings. The molecule has 0 spiro atoms. The van der Waals surface area contributed by atoms with E-state index in [-0.39, 0.29) is 66.7 Å². The van der Waals surface area contributed by atoms with Crippen molar-refractivity contribution in [3.63, 3.8) is 0 Å². The van der Waals surface area contributed by atoms with Gasteiger partial charge in [0.25, 0.3) is 0 Å². The van der Waals surface area contributed by atoms with Crippen molar-refractivity contribution >= 4 is 58.9 Å². The van der Waals surface area contributed by atoms with Crippen molar-refractivity contribution in [1.82, 2.24) is 29.8 Å². The monoisotopic (exact) mass is 990 g/mol. The van der Waals surface area contributed by atoms with Crippen molar-refractivity contribution in [2.75, 3.05) is 62.6 Å². The van der Waals surface area contributed by atoms with Crippen LogP contribution in [0.1, 0.15) is 94.0 Å². The minimum Gasteiger partial charge on any atom is -0.404 e. The van der Waals surface area contributed by atoms with Crippen molar-refractivity contribution in [1.29, 1.82) is 0 Å². The molecule has 20 heteroatoms. The molecule has 3 aromatic rings. The van der Waals surface area contributed by atoms with Crippen LogP contribution in [-0.4, -0.2) is 119 Å². The number of likely N-dealkylation sites (tertiary alicyclic amines) is 2. The molecule has 0 bridgehead atoms. The van der Waals surface area contributed by atoms with Crippen molar-refractivity contribution in [3.05, 3.63) is 77.0 Å². The molecule has 1 aromatic heterocycles. The van der Waals surface area contributed by atoms with Gasteiger partial charge >= 0.3 is 12.2 Å². The summed E-state index contributed by atoms with van der Waals surface area (Å²) in [5, 5.41) is 15.0. The zero-order chi connectivity index (χ0) is 50.0. The van der Waals surface area contributed by atoms with E-state index in [1.54, 1.807) is 11.0 Å². The number of rotatable bonds is 15. The zero-order valence-corrected chi connectivity index (χ0v) is 40.6. The molecule has 376 valence electrons. The number of nitrogens with one attached hydrogen (secondary N) is 3. The number of urea groups is 1. The number of aliphatic imine (C=N–C) groups is 1. The van der Waals surface area contributed by atoms with Gasteiger partial charge in [0, 0.05) is 84.9 Å². The van der Waals surface area contributed by atoms with Crippen LogP contribution in [0.15, 0.2) is 58.7 Å². The second kappa shape index (κ2) is 23.5. The van der Waals surface area contributed by atoms with Gasteiger partial charge < -0.3 is 30.7 Å². The van der Waals surface area contributed by atoms with Crippen molar-refractivity contribution in [2.24, 2.45) is 22.6 Å². The first-order valence-corrected chi connectivity index (χ1v) is 24.7. The number of nitrogens with two attached hydrogens (primary N) is 1. The molecule has 0 unspecified atom stereocenters. The standard InChI is InChI=1S/C50H62F4N10O5S/c1-32-34(6-4-8-43(32)64-24-19-44(65)59-48(64)67)7-5-25-69-38-17-22-63(23-18-38)46(66)35-15-20-62(21-16-35)30-33-9-11-37(12-10-33)61-70-39-13-14-42(41(51)26-39)58-47-57-29-40(50(52,53)54)45(60-47)36(27-55)28-56-31-49(2,3)68/h4,6,8,13-14,26-29,33,35,37-38,61,68H,9-12,15-25,30-31,55H2,1-3H3,(H,57,58,60)(H,59,65,67)/b36-27+,56-28?. The van der Waals surface area contributed by atoms with Crippen molar-refractivity contribution < 1.29 is 41.8 Å². The Morgan fingerprint density at radius 2 is 1.79 bits per heavy atom. The smallest absolute Gasteiger partial charge is 0.404 e. The second-order valence-corrected chi connectivity index (χ2v) is 19.9. The number of aliphatic hydroxyl groups is 1. The number of halogens is 4. The van der Waals surface area contributed by atoms with Crippen LogP contribution in [0.2, 0.25) is 0 Å². The number of hydrogen-bond acceptors (Lipinski definition) is 13. The van der Waals surface area contributed by atoms with Gasteiger partial charge in [-0.15, -0.1) is 0 Å². The Morgan fingerprint density at radius 3 is 2.46 bits per heavy atom. The summed E-state index contributed by atoms with van der Waals surface area (Å²) in [6, 6.07) is 9.95. The lowest BCUT2D eigenvalue weighted by atomic mass is 9.85. The number of nitrogens with zero attached hydrogens (tertiary/aromatic N) is 6. The summed E-state index contributed by atoms with van der Waals surface area (Å²) in [5.74, 6) is 5.96. The number of carbonyl (C=O) groups is 3. The molecule has 1 saturated carbocycles. The fourth-order valence-corrected chi connectivity index (χ4v) is 10.0. The van der Waals surface area contributed by atoms with Gasteiger partial charge in [-0.3, -0.25) is 29.5 Å². The molecule has 1 aliphatic carbocycles. The third kappa shape index (κ3) is 14.3. The summed E-state index contributed by atoms with van der Waals surface area (Å²) >= 11 is 1.33. The predicted molar refractivity (Wildman–Crippen MR) is 262 cm³/mol. The quantitative estimate of drug-likeness (QED) is 0.0446. The number of aromatic nitrogens is 2. The molecule has 15 nitrogen and oxygen atoms in total. The van der Waals surface area contributed by atoms with Gasteiger partial charge in [-0.25, -0.2) is 19.2 Å². The third-order valence-corrected chi connectivity index (χ3v) is 14.0. The summed E-state index contributed by atoms with van der Waals surface area (Å²) in [6.07, 6.45) is 5.46. The lowest BCUT2D eigenvalue weighted by Gasteiger charge is -2.39. The molecule has 0 atom stereocenters. The van der Waals surface area contributed by atoms with E-state index in [1.807, 2.05) is 30.0 Å². The number of hydrogen-bond donors (Lipinski definition) is 5. The molecule has 70 heavy (non-hydrogen) atoms. The van der Waals surface area contributed by atoms with E-state index in [1.165, 1.54) is 37.9 Å². The van der Waals surface area contributed by atoms with Gasteiger partial charge in [0.1, 0.15) is 18.0 Å². The van der Waals surface area contributed by atoms with E-state index in [9.17, 15) is 32.7 Å². The van der Waals surface area contributed by atoms with Crippen LogP contribution in [0.25, 0.3) is 5.57 Å². The molecule has 6 N–H and O–H groups in total. The number of amides is 4. The highest BCUT2D eigenvalue weighted by Gasteiger charge is 2.36. The van der Waals surface area contributed by atoms with E-state index in [2.05, 4.69) is 47.1 Å². The Morgan fingerprint density at radius 1 is 1.04 bits per heavy atom. The number of imide groups is 1. The molecular weight excluding hydrogens is 929 g/mol. The number of allylic oxidation sites excluding steroid dienone is 1. The number of piperidine rings is 2. The minimum atomic E-state index is -4.80. The molecule has 3 aliphatic heterocycles. The molecule has 4 aliphatic rings. The van der Waals surface area contributed by atoms with Gasteiger partial charge in [0.15, 0.2) is 0 Å².